The van der Waals surface area contributed by atoms with Crippen LogP contribution in [0.1, 0.15) is 47.5 Å². The number of nitrogens with one attached hydrogen (secondary N) is 1. The number of carbonyl (C=O) groups is 2. The maximum Gasteiger partial charge on any atom is 0.253 e. The average Bonchev–Trinajstić information content (AvgIpc) is 3.69. The van der Waals surface area contributed by atoms with Crippen LogP contribution in [0.15, 0.2) is 72.8 Å². The third-order valence-corrected chi connectivity index (χ3v) is 6.95. The number of pyridine rings is 1. The van der Waals surface area contributed by atoms with Crippen molar-refractivity contribution in [3.8, 4) is 11.3 Å². The number of anilines is 1. The van der Waals surface area contributed by atoms with E-state index in [0.29, 0.717) is 23.1 Å². The maximum absolute atomic E-state index is 13.3. The molecule has 1 saturated carbocycles. The molecular weight excluding hydrogens is 438 g/mol. The smallest absolute Gasteiger partial charge is 0.253 e. The number of fused-ring (bicyclic) bond motifs is 1. The fourth-order valence-corrected chi connectivity index (χ4v) is 4.86. The fourth-order valence-electron chi connectivity index (χ4n) is 4.86. The summed E-state index contributed by atoms with van der Waals surface area (Å²) < 4.78 is 1.73. The van der Waals surface area contributed by atoms with Gasteiger partial charge in [0.1, 0.15) is 0 Å². The number of carbonyl (C=O) groups excluding carboxylic acids is 2. The predicted molar refractivity (Wildman–Crippen MR) is 134 cm³/mol. The second-order valence-corrected chi connectivity index (χ2v) is 9.46. The lowest BCUT2D eigenvalue weighted by atomic mass is 9.90. The Morgan fingerprint density at radius 3 is 2.46 bits per heavy atom. The van der Waals surface area contributed by atoms with Gasteiger partial charge >= 0.3 is 0 Å². The van der Waals surface area contributed by atoms with Gasteiger partial charge < -0.3 is 4.90 Å². The molecule has 2 aromatic carbocycles. The Hall–Kier alpha value is -4.00. The van der Waals surface area contributed by atoms with E-state index in [2.05, 4.69) is 39.7 Å². The van der Waals surface area contributed by atoms with Crippen molar-refractivity contribution in [1.82, 2.24) is 19.5 Å². The van der Waals surface area contributed by atoms with E-state index >= 15 is 0 Å². The van der Waals surface area contributed by atoms with E-state index in [1.807, 2.05) is 53.4 Å². The topological polar surface area (TPSA) is 79.6 Å². The van der Waals surface area contributed by atoms with Crippen molar-refractivity contribution < 1.29 is 9.59 Å². The molecule has 7 nitrogen and oxygen atoms in total. The molecule has 0 radical (unpaired) electrons. The van der Waals surface area contributed by atoms with E-state index < -0.39 is 0 Å². The van der Waals surface area contributed by atoms with Gasteiger partial charge in [-0.05, 0) is 55.5 Å². The number of benzene rings is 2. The van der Waals surface area contributed by atoms with Crippen molar-refractivity contribution in [2.75, 3.05) is 18.4 Å². The van der Waals surface area contributed by atoms with E-state index in [0.717, 1.165) is 50.0 Å². The van der Waals surface area contributed by atoms with E-state index in [-0.39, 0.29) is 17.7 Å². The Morgan fingerprint density at radius 2 is 1.69 bits per heavy atom. The van der Waals surface area contributed by atoms with Crippen LogP contribution < -0.4 is 5.32 Å². The molecule has 4 aromatic rings. The molecule has 1 atom stereocenters. The largest absolute Gasteiger partial charge is 0.338 e. The van der Waals surface area contributed by atoms with Crippen molar-refractivity contribution in [3.63, 3.8) is 0 Å². The summed E-state index contributed by atoms with van der Waals surface area (Å²) >= 11 is 0. The molecule has 1 N–H and O–H groups in total. The number of likely N-dealkylation sites (tertiary alicyclic amines) is 1. The van der Waals surface area contributed by atoms with Crippen LogP contribution in [-0.2, 0) is 4.79 Å². The molecule has 35 heavy (non-hydrogen) atoms. The second kappa shape index (κ2) is 8.98. The minimum atomic E-state index is -0.0162. The molecule has 1 unspecified atom stereocenters. The molecule has 2 fully saturated rings. The summed E-state index contributed by atoms with van der Waals surface area (Å²) in [6.45, 7) is 1.54. The molecule has 6 rings (SSSR count). The highest BCUT2D eigenvalue weighted by atomic mass is 16.2. The van der Waals surface area contributed by atoms with Crippen LogP contribution in [-0.4, -0.2) is 44.4 Å². The number of nitrogens with zero attached hydrogens (tertiary/aromatic N) is 4. The van der Waals surface area contributed by atoms with Gasteiger partial charge in [0, 0.05) is 36.1 Å². The summed E-state index contributed by atoms with van der Waals surface area (Å²) in [6.07, 6.45) is 3.98. The van der Waals surface area contributed by atoms with Crippen LogP contribution >= 0.6 is 0 Å². The van der Waals surface area contributed by atoms with Crippen molar-refractivity contribution in [2.24, 2.45) is 5.92 Å². The van der Waals surface area contributed by atoms with Crippen LogP contribution in [0.5, 0.6) is 0 Å². The minimum absolute atomic E-state index is 0.0162. The fraction of sp³-hybridized carbons (Fsp3) is 0.286. The predicted octanol–water partition coefficient (Wildman–Crippen LogP) is 4.76. The average molecular weight is 466 g/mol. The highest BCUT2D eigenvalue weighted by Crippen LogP contribution is 2.30. The lowest BCUT2D eigenvalue weighted by Crippen LogP contribution is -2.39. The van der Waals surface area contributed by atoms with Crippen molar-refractivity contribution in [3.05, 3.63) is 83.9 Å². The van der Waals surface area contributed by atoms with Gasteiger partial charge in [0.25, 0.3) is 5.91 Å². The Bertz CT molecular complexity index is 1380. The maximum atomic E-state index is 13.3. The summed E-state index contributed by atoms with van der Waals surface area (Å²) in [5.41, 5.74) is 4.43. The van der Waals surface area contributed by atoms with Gasteiger partial charge in [0.15, 0.2) is 5.65 Å². The van der Waals surface area contributed by atoms with Crippen LogP contribution in [0.4, 0.5) is 5.95 Å². The van der Waals surface area contributed by atoms with E-state index in [4.69, 9.17) is 0 Å². The zero-order chi connectivity index (χ0) is 23.8. The van der Waals surface area contributed by atoms with Crippen molar-refractivity contribution in [2.45, 2.75) is 31.6 Å². The molecule has 0 bridgehead atoms. The molecule has 2 aromatic heterocycles. The summed E-state index contributed by atoms with van der Waals surface area (Å²) in [4.78, 5) is 31.8. The molecule has 0 spiro atoms. The van der Waals surface area contributed by atoms with Gasteiger partial charge in [-0.25, -0.2) is 4.52 Å². The first kappa shape index (κ1) is 21.5. The molecule has 1 aliphatic carbocycles. The van der Waals surface area contributed by atoms with Crippen LogP contribution in [0.3, 0.4) is 0 Å². The minimum Gasteiger partial charge on any atom is -0.338 e. The Balaban J connectivity index is 1.20. The molecule has 7 heteroatoms. The lowest BCUT2D eigenvalue weighted by molar-refractivity contribution is -0.117. The number of hydrogen-bond acceptors (Lipinski definition) is 4. The number of piperidine rings is 1. The first-order valence-electron chi connectivity index (χ1n) is 12.3. The summed E-state index contributed by atoms with van der Waals surface area (Å²) in [5.74, 6) is 0.847. The van der Waals surface area contributed by atoms with E-state index in [1.165, 1.54) is 5.56 Å². The Labute approximate surface area is 203 Å². The van der Waals surface area contributed by atoms with E-state index in [9.17, 15) is 9.59 Å². The van der Waals surface area contributed by atoms with Crippen LogP contribution in [0, 0.1) is 5.92 Å². The van der Waals surface area contributed by atoms with Gasteiger partial charge in [-0.15, -0.1) is 5.10 Å². The molecule has 3 heterocycles. The third-order valence-electron chi connectivity index (χ3n) is 6.95. The number of amides is 2. The number of rotatable bonds is 5. The molecule has 1 saturated heterocycles. The van der Waals surface area contributed by atoms with Gasteiger partial charge in [0.2, 0.25) is 11.9 Å². The zero-order valence-electron chi connectivity index (χ0n) is 19.4. The Kier molecular flexibility index (Phi) is 5.52. The molecule has 1 aliphatic heterocycles. The SMILES string of the molecule is O=C(Nc1nc2cccc(-c3ccc(C(=O)N4CCCC(c5ccccc5)C4)cc3)n2n1)C1CC1. The van der Waals surface area contributed by atoms with Crippen molar-refractivity contribution in [1.29, 1.82) is 0 Å². The van der Waals surface area contributed by atoms with E-state index in [1.54, 1.807) is 4.52 Å². The molecular formula is C28H27N5O2. The summed E-state index contributed by atoms with van der Waals surface area (Å²) in [7, 11) is 0. The molecule has 2 amide bonds. The number of aromatic nitrogens is 3. The Morgan fingerprint density at radius 1 is 0.886 bits per heavy atom. The molecule has 2 aliphatic rings. The van der Waals surface area contributed by atoms with Gasteiger partial charge in [-0.1, -0.05) is 48.5 Å². The van der Waals surface area contributed by atoms with Crippen LogP contribution in [0.25, 0.3) is 16.9 Å². The van der Waals surface area contributed by atoms with Gasteiger partial charge in [-0.3, -0.25) is 14.9 Å². The monoisotopic (exact) mass is 465 g/mol. The quantitative estimate of drug-likeness (QED) is 0.461. The first-order valence-corrected chi connectivity index (χ1v) is 12.3. The molecule has 176 valence electrons. The number of hydrogen-bond donors (Lipinski definition) is 1. The summed E-state index contributed by atoms with van der Waals surface area (Å²) in [5, 5.41) is 7.32. The normalized spacial score (nSPS) is 17.9. The zero-order valence-corrected chi connectivity index (χ0v) is 19.4. The summed E-state index contributed by atoms with van der Waals surface area (Å²) in [6, 6.07) is 23.9. The third kappa shape index (κ3) is 4.41. The second-order valence-electron chi connectivity index (χ2n) is 9.46. The highest BCUT2D eigenvalue weighted by Gasteiger charge is 2.30. The van der Waals surface area contributed by atoms with Crippen LogP contribution in [0.2, 0.25) is 0 Å². The standard InChI is InChI=1S/C28H27N5O2/c34-26(21-13-14-21)30-28-29-25-10-4-9-24(33(25)31-28)20-11-15-22(16-12-20)27(35)32-17-5-8-23(18-32)19-6-2-1-3-7-19/h1-4,6-7,9-12,15-16,21,23H,5,8,13-14,17-18H2,(H,30,31,34). The lowest BCUT2D eigenvalue weighted by Gasteiger charge is -2.33. The van der Waals surface area contributed by atoms with Crippen molar-refractivity contribution >= 4 is 23.4 Å². The van der Waals surface area contributed by atoms with Gasteiger partial charge in [-0.2, -0.15) is 4.98 Å². The van der Waals surface area contributed by atoms with Gasteiger partial charge in [0.05, 0.1) is 5.69 Å². The highest BCUT2D eigenvalue weighted by molar-refractivity contribution is 5.95. The first-order chi connectivity index (χ1) is 17.2.